The van der Waals surface area contributed by atoms with Crippen LogP contribution in [0.25, 0.3) is 0 Å². The Bertz CT molecular complexity index is 222. The molecular weight excluding hydrogens is 183 g/mol. The quantitative estimate of drug-likeness (QED) is 0.719. The lowest BCUT2D eigenvalue weighted by molar-refractivity contribution is -0.181. The highest BCUT2D eigenvalue weighted by atomic mass is 19.4. The van der Waals surface area contributed by atoms with Gasteiger partial charge < -0.3 is 10.5 Å². The Hall–Kier alpha value is -0.810. The molecule has 0 fully saturated rings. The van der Waals surface area contributed by atoms with Gasteiger partial charge in [-0.1, -0.05) is 24.3 Å². The highest BCUT2D eigenvalue weighted by Gasteiger charge is 2.30. The first-order chi connectivity index (χ1) is 5.99. The Morgan fingerprint density at radius 3 is 2.38 bits per heavy atom. The number of halogens is 3. The summed E-state index contributed by atoms with van der Waals surface area (Å²) in [5.41, 5.74) is 5.48. The van der Waals surface area contributed by atoms with E-state index in [1.165, 1.54) is 6.08 Å². The normalized spacial score (nSPS) is 28.0. The van der Waals surface area contributed by atoms with Gasteiger partial charge in [0.25, 0.3) is 0 Å². The average molecular weight is 193 g/mol. The molecule has 13 heavy (non-hydrogen) atoms. The molecule has 1 rings (SSSR count). The molecule has 1 aliphatic carbocycles. The van der Waals surface area contributed by atoms with Gasteiger partial charge in [-0.05, 0) is 0 Å². The molecule has 5 heteroatoms. The van der Waals surface area contributed by atoms with Crippen molar-refractivity contribution in [2.24, 2.45) is 5.73 Å². The second-order valence-electron chi connectivity index (χ2n) is 2.74. The average Bonchev–Trinajstić information content (AvgIpc) is 2.01. The number of allylic oxidation sites excluding steroid dienone is 2. The molecular formula is C8H10F3NO. The molecule has 0 bridgehead atoms. The predicted octanol–water partition coefficient (Wildman–Crippen LogP) is 1.39. The van der Waals surface area contributed by atoms with Crippen molar-refractivity contribution < 1.29 is 17.9 Å². The molecule has 0 aromatic carbocycles. The summed E-state index contributed by atoms with van der Waals surface area (Å²) in [6, 6.07) is -0.493. The lowest BCUT2D eigenvalue weighted by atomic mass is 10.1. The molecule has 74 valence electrons. The zero-order chi connectivity index (χ0) is 9.90. The largest absolute Gasteiger partial charge is 0.411 e. The van der Waals surface area contributed by atoms with Crippen LogP contribution in [-0.4, -0.2) is 24.9 Å². The number of nitrogens with two attached hydrogens (primary N) is 1. The minimum absolute atomic E-state index is 0.493. The van der Waals surface area contributed by atoms with Gasteiger partial charge in [0.15, 0.2) is 0 Å². The van der Waals surface area contributed by atoms with Gasteiger partial charge >= 0.3 is 6.18 Å². The Kier molecular flexibility index (Phi) is 3.11. The molecule has 0 spiro atoms. The molecule has 0 heterocycles. The van der Waals surface area contributed by atoms with Crippen molar-refractivity contribution in [2.45, 2.75) is 18.3 Å². The van der Waals surface area contributed by atoms with E-state index in [9.17, 15) is 13.2 Å². The van der Waals surface area contributed by atoms with Crippen LogP contribution in [0.1, 0.15) is 0 Å². The number of hydrogen-bond donors (Lipinski definition) is 1. The molecule has 0 aromatic rings. The molecule has 0 radical (unpaired) electrons. The van der Waals surface area contributed by atoms with E-state index in [1.54, 1.807) is 18.2 Å². The number of ether oxygens (including phenoxy) is 1. The fourth-order valence-electron chi connectivity index (χ4n) is 0.961. The summed E-state index contributed by atoms with van der Waals surface area (Å²) in [6.07, 6.45) is 1.43. The van der Waals surface area contributed by atoms with E-state index in [1.807, 2.05) is 0 Å². The predicted molar refractivity (Wildman–Crippen MR) is 42.1 cm³/mol. The third-order valence-corrected chi connectivity index (χ3v) is 1.56. The maximum Gasteiger partial charge on any atom is 0.411 e. The second-order valence-corrected chi connectivity index (χ2v) is 2.74. The molecule has 0 aromatic heterocycles. The maximum absolute atomic E-state index is 11.7. The Morgan fingerprint density at radius 2 is 1.85 bits per heavy atom. The first kappa shape index (κ1) is 10.3. The van der Waals surface area contributed by atoms with Crippen LogP contribution in [0.4, 0.5) is 13.2 Å². The Morgan fingerprint density at radius 1 is 1.23 bits per heavy atom. The van der Waals surface area contributed by atoms with Crippen molar-refractivity contribution in [3.63, 3.8) is 0 Å². The molecule has 2 nitrogen and oxygen atoms in total. The van der Waals surface area contributed by atoms with Gasteiger partial charge in [0.1, 0.15) is 6.61 Å². The summed E-state index contributed by atoms with van der Waals surface area (Å²) in [4.78, 5) is 0. The van der Waals surface area contributed by atoms with E-state index in [4.69, 9.17) is 5.73 Å². The van der Waals surface area contributed by atoms with Crippen LogP contribution >= 0.6 is 0 Å². The highest BCUT2D eigenvalue weighted by molar-refractivity contribution is 5.17. The smallest absolute Gasteiger partial charge is 0.363 e. The molecule has 0 saturated heterocycles. The summed E-state index contributed by atoms with van der Waals surface area (Å²) in [7, 11) is 0. The van der Waals surface area contributed by atoms with Crippen LogP contribution in [0.2, 0.25) is 0 Å². The molecule has 0 aliphatic heterocycles. The Balaban J connectivity index is 2.37. The van der Waals surface area contributed by atoms with Crippen molar-refractivity contribution in [2.75, 3.05) is 6.61 Å². The van der Waals surface area contributed by atoms with E-state index in [0.29, 0.717) is 0 Å². The molecule has 0 amide bonds. The minimum atomic E-state index is -4.30. The first-order valence-corrected chi connectivity index (χ1v) is 3.78. The van der Waals surface area contributed by atoms with E-state index in [2.05, 4.69) is 4.74 Å². The zero-order valence-electron chi connectivity index (χ0n) is 6.79. The van der Waals surface area contributed by atoms with Crippen LogP contribution in [-0.2, 0) is 4.74 Å². The molecule has 2 N–H and O–H groups in total. The molecule has 1 aliphatic rings. The summed E-state index contributed by atoms with van der Waals surface area (Å²) in [6.45, 7) is -1.26. The summed E-state index contributed by atoms with van der Waals surface area (Å²) in [5, 5.41) is 0. The maximum atomic E-state index is 11.7. The zero-order valence-corrected chi connectivity index (χ0v) is 6.79. The summed E-state index contributed by atoms with van der Waals surface area (Å²) >= 11 is 0. The summed E-state index contributed by atoms with van der Waals surface area (Å²) < 4.78 is 39.8. The number of rotatable bonds is 2. The van der Waals surface area contributed by atoms with Crippen molar-refractivity contribution in [3.05, 3.63) is 24.3 Å². The standard InChI is InChI=1S/C8H10F3NO/c9-8(10,11)5-13-7-4-2-1-3-6(7)12/h1-4,6-7H,5,12H2. The van der Waals surface area contributed by atoms with E-state index >= 15 is 0 Å². The van der Waals surface area contributed by atoms with Crippen LogP contribution < -0.4 is 5.73 Å². The fraction of sp³-hybridized carbons (Fsp3) is 0.500. The molecule has 0 saturated carbocycles. The third-order valence-electron chi connectivity index (χ3n) is 1.56. The lowest BCUT2D eigenvalue weighted by Gasteiger charge is -2.21. The fourth-order valence-corrected chi connectivity index (χ4v) is 0.961. The van der Waals surface area contributed by atoms with Gasteiger partial charge in [0.2, 0.25) is 0 Å². The third kappa shape index (κ3) is 3.61. The topological polar surface area (TPSA) is 35.2 Å². The van der Waals surface area contributed by atoms with Gasteiger partial charge in [0.05, 0.1) is 12.1 Å². The number of alkyl halides is 3. The molecule has 2 atom stereocenters. The van der Waals surface area contributed by atoms with Gasteiger partial charge in [-0.25, -0.2) is 0 Å². The van der Waals surface area contributed by atoms with Gasteiger partial charge in [-0.2, -0.15) is 13.2 Å². The van der Waals surface area contributed by atoms with Crippen LogP contribution in [0.5, 0.6) is 0 Å². The highest BCUT2D eigenvalue weighted by Crippen LogP contribution is 2.17. The van der Waals surface area contributed by atoms with Crippen molar-refractivity contribution >= 4 is 0 Å². The van der Waals surface area contributed by atoms with E-state index in [0.717, 1.165) is 0 Å². The van der Waals surface area contributed by atoms with Gasteiger partial charge in [-0.3, -0.25) is 0 Å². The van der Waals surface area contributed by atoms with Crippen LogP contribution in [0, 0.1) is 0 Å². The van der Waals surface area contributed by atoms with Crippen molar-refractivity contribution in [1.29, 1.82) is 0 Å². The SMILES string of the molecule is NC1C=CC=CC1OCC(F)(F)F. The van der Waals surface area contributed by atoms with Crippen molar-refractivity contribution in [3.8, 4) is 0 Å². The van der Waals surface area contributed by atoms with Crippen LogP contribution in [0.3, 0.4) is 0 Å². The number of hydrogen-bond acceptors (Lipinski definition) is 2. The lowest BCUT2D eigenvalue weighted by Crippen LogP contribution is -2.37. The van der Waals surface area contributed by atoms with Gasteiger partial charge in [0, 0.05) is 0 Å². The van der Waals surface area contributed by atoms with E-state index < -0.39 is 24.9 Å². The van der Waals surface area contributed by atoms with Gasteiger partial charge in [-0.15, -0.1) is 0 Å². The molecule has 2 unspecified atom stereocenters. The first-order valence-electron chi connectivity index (χ1n) is 3.78. The van der Waals surface area contributed by atoms with E-state index in [-0.39, 0.29) is 0 Å². The summed E-state index contributed by atoms with van der Waals surface area (Å²) in [5.74, 6) is 0. The van der Waals surface area contributed by atoms with Crippen molar-refractivity contribution in [1.82, 2.24) is 0 Å². The Labute approximate surface area is 73.9 Å². The van der Waals surface area contributed by atoms with Crippen LogP contribution in [0.15, 0.2) is 24.3 Å². The minimum Gasteiger partial charge on any atom is -0.363 e. The second kappa shape index (κ2) is 3.93. The monoisotopic (exact) mass is 193 g/mol.